The van der Waals surface area contributed by atoms with Crippen molar-refractivity contribution < 1.29 is 17.9 Å². The molecule has 0 spiro atoms. The van der Waals surface area contributed by atoms with Gasteiger partial charge in [-0.25, -0.2) is 13.2 Å². The number of hydrogen-bond donors (Lipinski definition) is 0. The van der Waals surface area contributed by atoms with Gasteiger partial charge in [-0.1, -0.05) is 18.2 Å². The molecule has 1 saturated heterocycles. The van der Waals surface area contributed by atoms with Crippen LogP contribution in [-0.2, 0) is 10.3 Å². The number of epoxide rings is 1. The van der Waals surface area contributed by atoms with Crippen LogP contribution in [0.25, 0.3) is 0 Å². The summed E-state index contributed by atoms with van der Waals surface area (Å²) in [6.07, 6.45) is 0. The van der Waals surface area contributed by atoms with Crippen LogP contribution >= 0.6 is 0 Å². The van der Waals surface area contributed by atoms with E-state index in [-0.39, 0.29) is 17.7 Å². The maximum absolute atomic E-state index is 13.8. The Balaban J connectivity index is 2.14. The Morgan fingerprint density at radius 1 is 0.889 bits per heavy atom. The summed E-state index contributed by atoms with van der Waals surface area (Å²) in [5, 5.41) is 0. The number of benzene rings is 2. The molecule has 3 rings (SSSR count). The Morgan fingerprint density at radius 3 is 2.17 bits per heavy atom. The second kappa shape index (κ2) is 3.85. The Hall–Kier alpha value is -1.81. The standard InChI is InChI=1S/C14H9F3O/c15-9-5-6-11(13(17)7-9)14(8-18-14)10-3-1-2-4-12(10)16/h1-7H,8H2. The maximum Gasteiger partial charge on any atom is 0.147 e. The first-order chi connectivity index (χ1) is 8.63. The summed E-state index contributed by atoms with van der Waals surface area (Å²) in [4.78, 5) is 0. The van der Waals surface area contributed by atoms with Gasteiger partial charge in [0.2, 0.25) is 0 Å². The molecule has 18 heavy (non-hydrogen) atoms. The average Bonchev–Trinajstić information content (AvgIpc) is 3.11. The minimum atomic E-state index is -1.11. The highest BCUT2D eigenvalue weighted by Crippen LogP contribution is 2.46. The van der Waals surface area contributed by atoms with Crippen LogP contribution in [0.1, 0.15) is 11.1 Å². The van der Waals surface area contributed by atoms with Crippen molar-refractivity contribution in [1.29, 1.82) is 0 Å². The normalized spacial score (nSPS) is 21.9. The smallest absolute Gasteiger partial charge is 0.147 e. The van der Waals surface area contributed by atoms with Gasteiger partial charge >= 0.3 is 0 Å². The molecule has 1 atom stereocenters. The third-order valence-electron chi connectivity index (χ3n) is 3.11. The van der Waals surface area contributed by atoms with E-state index in [0.717, 1.165) is 12.1 Å². The first-order valence-corrected chi connectivity index (χ1v) is 5.48. The van der Waals surface area contributed by atoms with Crippen LogP contribution in [0.5, 0.6) is 0 Å². The molecule has 92 valence electrons. The van der Waals surface area contributed by atoms with E-state index >= 15 is 0 Å². The zero-order chi connectivity index (χ0) is 12.8. The third kappa shape index (κ3) is 1.61. The Morgan fingerprint density at radius 2 is 1.56 bits per heavy atom. The predicted molar refractivity (Wildman–Crippen MR) is 59.5 cm³/mol. The molecule has 1 nitrogen and oxygen atoms in total. The van der Waals surface area contributed by atoms with Crippen molar-refractivity contribution in [1.82, 2.24) is 0 Å². The first kappa shape index (κ1) is 11.3. The predicted octanol–water partition coefficient (Wildman–Crippen LogP) is 3.38. The molecule has 0 aliphatic carbocycles. The topological polar surface area (TPSA) is 12.5 Å². The van der Waals surface area contributed by atoms with Gasteiger partial charge in [-0.2, -0.15) is 0 Å². The first-order valence-electron chi connectivity index (χ1n) is 5.48. The largest absolute Gasteiger partial charge is 0.359 e. The van der Waals surface area contributed by atoms with Crippen LogP contribution in [0.2, 0.25) is 0 Å². The quantitative estimate of drug-likeness (QED) is 0.744. The fourth-order valence-electron chi connectivity index (χ4n) is 2.13. The average molecular weight is 250 g/mol. The van der Waals surface area contributed by atoms with Crippen LogP contribution in [0.15, 0.2) is 42.5 Å². The van der Waals surface area contributed by atoms with Gasteiger partial charge in [-0.3, -0.25) is 0 Å². The van der Waals surface area contributed by atoms with Crippen LogP contribution < -0.4 is 0 Å². The van der Waals surface area contributed by atoms with Crippen LogP contribution in [0.3, 0.4) is 0 Å². The lowest BCUT2D eigenvalue weighted by Gasteiger charge is -2.14. The van der Waals surface area contributed by atoms with E-state index in [0.29, 0.717) is 0 Å². The monoisotopic (exact) mass is 250 g/mol. The number of hydrogen-bond acceptors (Lipinski definition) is 1. The molecule has 0 bridgehead atoms. The molecule has 2 aromatic rings. The minimum Gasteiger partial charge on any atom is -0.359 e. The fraction of sp³-hybridized carbons (Fsp3) is 0.143. The molecule has 0 radical (unpaired) electrons. The highest BCUT2D eigenvalue weighted by atomic mass is 19.1. The Kier molecular flexibility index (Phi) is 2.41. The maximum atomic E-state index is 13.8. The molecule has 2 aromatic carbocycles. The second-order valence-electron chi connectivity index (χ2n) is 4.22. The van der Waals surface area contributed by atoms with Gasteiger partial charge in [-0.05, 0) is 18.2 Å². The number of halogens is 3. The van der Waals surface area contributed by atoms with Crippen LogP contribution in [-0.4, -0.2) is 6.61 Å². The summed E-state index contributed by atoms with van der Waals surface area (Å²) in [6, 6.07) is 9.26. The van der Waals surface area contributed by atoms with Crippen molar-refractivity contribution in [2.24, 2.45) is 0 Å². The highest BCUT2D eigenvalue weighted by Gasteiger charge is 2.51. The summed E-state index contributed by atoms with van der Waals surface area (Å²) >= 11 is 0. The van der Waals surface area contributed by atoms with Gasteiger partial charge in [0.1, 0.15) is 23.1 Å². The molecular weight excluding hydrogens is 241 g/mol. The van der Waals surface area contributed by atoms with Crippen LogP contribution in [0.4, 0.5) is 13.2 Å². The van der Waals surface area contributed by atoms with E-state index in [4.69, 9.17) is 4.74 Å². The molecule has 0 saturated carbocycles. The summed E-state index contributed by atoms with van der Waals surface area (Å²) in [5.41, 5.74) is -0.673. The molecule has 4 heteroatoms. The lowest BCUT2D eigenvalue weighted by molar-refractivity contribution is 0.333. The van der Waals surface area contributed by atoms with Crippen molar-refractivity contribution in [3.8, 4) is 0 Å². The molecule has 1 aliphatic rings. The molecule has 1 heterocycles. The van der Waals surface area contributed by atoms with Gasteiger partial charge in [0.15, 0.2) is 0 Å². The number of ether oxygens (including phenoxy) is 1. The summed E-state index contributed by atoms with van der Waals surface area (Å²) in [7, 11) is 0. The van der Waals surface area contributed by atoms with Crippen molar-refractivity contribution >= 4 is 0 Å². The SMILES string of the molecule is Fc1ccc(C2(c3ccccc3F)CO2)c(F)c1. The van der Waals surface area contributed by atoms with Gasteiger partial charge in [0, 0.05) is 17.2 Å². The molecule has 0 N–H and O–H groups in total. The highest BCUT2D eigenvalue weighted by molar-refractivity contribution is 5.42. The van der Waals surface area contributed by atoms with Crippen molar-refractivity contribution in [3.05, 3.63) is 71.0 Å². The molecule has 0 amide bonds. The minimum absolute atomic E-state index is 0.161. The fourth-order valence-corrected chi connectivity index (χ4v) is 2.13. The molecule has 1 unspecified atom stereocenters. The zero-order valence-corrected chi connectivity index (χ0v) is 9.29. The van der Waals surface area contributed by atoms with E-state index in [1.807, 2.05) is 0 Å². The van der Waals surface area contributed by atoms with Crippen molar-refractivity contribution in [2.45, 2.75) is 5.60 Å². The second-order valence-corrected chi connectivity index (χ2v) is 4.22. The lowest BCUT2D eigenvalue weighted by atomic mass is 9.91. The van der Waals surface area contributed by atoms with E-state index in [9.17, 15) is 13.2 Å². The van der Waals surface area contributed by atoms with Crippen LogP contribution in [0, 0.1) is 17.5 Å². The van der Waals surface area contributed by atoms with Crippen molar-refractivity contribution in [2.75, 3.05) is 6.61 Å². The summed E-state index contributed by atoms with van der Waals surface area (Å²) in [5.74, 6) is -1.85. The van der Waals surface area contributed by atoms with Gasteiger partial charge in [-0.15, -0.1) is 0 Å². The lowest BCUT2D eigenvalue weighted by Crippen LogP contribution is -2.15. The van der Waals surface area contributed by atoms with Gasteiger partial charge in [0.05, 0.1) is 6.61 Å². The van der Waals surface area contributed by atoms with E-state index < -0.39 is 23.1 Å². The third-order valence-corrected chi connectivity index (χ3v) is 3.11. The number of rotatable bonds is 2. The van der Waals surface area contributed by atoms with E-state index in [2.05, 4.69) is 0 Å². The van der Waals surface area contributed by atoms with E-state index in [1.165, 1.54) is 12.1 Å². The molecule has 1 fully saturated rings. The Labute approximate surface area is 102 Å². The van der Waals surface area contributed by atoms with E-state index in [1.54, 1.807) is 18.2 Å². The van der Waals surface area contributed by atoms with Gasteiger partial charge in [0.25, 0.3) is 0 Å². The zero-order valence-electron chi connectivity index (χ0n) is 9.29. The molecular formula is C14H9F3O. The molecule has 0 aromatic heterocycles. The van der Waals surface area contributed by atoms with Gasteiger partial charge < -0.3 is 4.74 Å². The Bertz CT molecular complexity index is 606. The summed E-state index contributed by atoms with van der Waals surface area (Å²) in [6.45, 7) is 0.191. The summed E-state index contributed by atoms with van der Waals surface area (Å²) < 4.78 is 45.7. The molecule has 1 aliphatic heterocycles. The van der Waals surface area contributed by atoms with Crippen molar-refractivity contribution in [3.63, 3.8) is 0 Å².